The van der Waals surface area contributed by atoms with Crippen molar-refractivity contribution in [2.75, 3.05) is 25.9 Å². The third-order valence-electron chi connectivity index (χ3n) is 5.96. The lowest BCUT2D eigenvalue weighted by atomic mass is 9.90. The van der Waals surface area contributed by atoms with E-state index in [9.17, 15) is 13.2 Å². The van der Waals surface area contributed by atoms with Crippen LogP contribution < -0.4 is 0 Å². The third-order valence-corrected chi connectivity index (χ3v) is 7.19. The fourth-order valence-corrected chi connectivity index (χ4v) is 5.82. The Morgan fingerprint density at radius 3 is 2.57 bits per heavy atom. The Labute approximate surface area is 165 Å². The predicted octanol–water partition coefficient (Wildman–Crippen LogP) is 2.25. The molecule has 3 atom stereocenters. The van der Waals surface area contributed by atoms with Gasteiger partial charge in [-0.1, -0.05) is 42.4 Å². The fraction of sp³-hybridized carbons (Fsp3) is 0.500. The Morgan fingerprint density at radius 2 is 1.93 bits per heavy atom. The van der Waals surface area contributed by atoms with E-state index in [4.69, 9.17) is 4.52 Å². The smallest absolute Gasteiger partial charge is 0.259 e. The van der Waals surface area contributed by atoms with Crippen molar-refractivity contribution in [1.29, 1.82) is 0 Å². The number of amides is 1. The van der Waals surface area contributed by atoms with Gasteiger partial charge in [-0.3, -0.25) is 4.79 Å². The summed E-state index contributed by atoms with van der Waals surface area (Å²) in [6.07, 6.45) is 1.90. The van der Waals surface area contributed by atoms with Crippen LogP contribution in [0, 0.1) is 18.8 Å². The van der Waals surface area contributed by atoms with Gasteiger partial charge in [-0.05, 0) is 24.8 Å². The average Bonchev–Trinajstić information content (AvgIpc) is 3.33. The number of nitrogens with zero attached hydrogens (tertiary/aromatic N) is 3. The van der Waals surface area contributed by atoms with Crippen LogP contribution in [0.3, 0.4) is 0 Å². The van der Waals surface area contributed by atoms with Crippen LogP contribution in [0.5, 0.6) is 0 Å². The molecule has 2 aliphatic rings. The third kappa shape index (κ3) is 3.14. The summed E-state index contributed by atoms with van der Waals surface area (Å²) >= 11 is 0. The lowest BCUT2D eigenvalue weighted by Crippen LogP contribution is -2.37. The molecular formula is C20H25N3O4S. The molecule has 7 nitrogen and oxygen atoms in total. The summed E-state index contributed by atoms with van der Waals surface area (Å²) in [5.74, 6) is 0.666. The second kappa shape index (κ2) is 7.00. The molecule has 150 valence electrons. The minimum Gasteiger partial charge on any atom is -0.361 e. The fourth-order valence-electron chi connectivity index (χ4n) is 4.67. The number of aromatic nitrogens is 1. The summed E-state index contributed by atoms with van der Waals surface area (Å²) in [4.78, 5) is 15.0. The van der Waals surface area contributed by atoms with E-state index < -0.39 is 10.0 Å². The number of hydrogen-bond acceptors (Lipinski definition) is 5. The van der Waals surface area contributed by atoms with Gasteiger partial charge in [0.1, 0.15) is 11.3 Å². The maximum absolute atomic E-state index is 13.2. The molecular weight excluding hydrogens is 378 g/mol. The summed E-state index contributed by atoms with van der Waals surface area (Å²) < 4.78 is 31.6. The summed E-state index contributed by atoms with van der Waals surface area (Å²) in [5.41, 5.74) is 2.21. The molecule has 8 heteroatoms. The monoisotopic (exact) mass is 403 g/mol. The number of sulfonamides is 1. The number of benzene rings is 1. The standard InChI is InChI=1S/C20H25N3O4S/c1-4-17-18(13(2)27-21-17)20(24)22-10-15-11-23(28(3,25)26)19(16(15)12-22)14-8-6-5-7-9-14/h5-9,15-16,19H,4,10-12H2,1-3H3/t15-,16-,19+/m1/s1. The van der Waals surface area contributed by atoms with Crippen LogP contribution in [0.25, 0.3) is 0 Å². The van der Waals surface area contributed by atoms with E-state index in [1.807, 2.05) is 42.2 Å². The molecule has 1 aromatic heterocycles. The molecule has 0 bridgehead atoms. The quantitative estimate of drug-likeness (QED) is 0.782. The molecule has 1 amide bonds. The number of fused-ring (bicyclic) bond motifs is 1. The van der Waals surface area contributed by atoms with Crippen molar-refractivity contribution in [2.45, 2.75) is 26.3 Å². The van der Waals surface area contributed by atoms with Crippen molar-refractivity contribution in [3.05, 3.63) is 52.9 Å². The minimum absolute atomic E-state index is 0.0669. The van der Waals surface area contributed by atoms with Gasteiger partial charge in [0.15, 0.2) is 0 Å². The number of carbonyl (C=O) groups excluding carboxylic acids is 1. The Balaban J connectivity index is 1.64. The predicted molar refractivity (Wildman–Crippen MR) is 104 cm³/mol. The van der Waals surface area contributed by atoms with Crippen molar-refractivity contribution in [2.24, 2.45) is 11.8 Å². The van der Waals surface area contributed by atoms with Gasteiger partial charge < -0.3 is 9.42 Å². The molecule has 0 aliphatic carbocycles. The molecule has 2 aliphatic heterocycles. The molecule has 4 rings (SSSR count). The highest BCUT2D eigenvalue weighted by molar-refractivity contribution is 7.88. The molecule has 0 spiro atoms. The summed E-state index contributed by atoms with van der Waals surface area (Å²) in [6.45, 7) is 5.22. The number of aryl methyl sites for hydroxylation is 2. The van der Waals surface area contributed by atoms with E-state index in [-0.39, 0.29) is 23.8 Å². The van der Waals surface area contributed by atoms with E-state index in [1.165, 1.54) is 6.26 Å². The largest absolute Gasteiger partial charge is 0.361 e. The van der Waals surface area contributed by atoms with Crippen LogP contribution in [0.15, 0.2) is 34.9 Å². The van der Waals surface area contributed by atoms with Gasteiger partial charge in [-0.2, -0.15) is 4.31 Å². The first-order valence-electron chi connectivity index (χ1n) is 9.57. The molecule has 28 heavy (non-hydrogen) atoms. The molecule has 2 saturated heterocycles. The zero-order valence-electron chi connectivity index (χ0n) is 16.3. The number of rotatable bonds is 4. The van der Waals surface area contributed by atoms with Gasteiger partial charge in [-0.15, -0.1) is 0 Å². The Hall–Kier alpha value is -2.19. The highest BCUT2D eigenvalue weighted by Crippen LogP contribution is 2.46. The van der Waals surface area contributed by atoms with E-state index in [2.05, 4.69) is 5.16 Å². The van der Waals surface area contributed by atoms with Gasteiger partial charge in [0.2, 0.25) is 10.0 Å². The van der Waals surface area contributed by atoms with Crippen LogP contribution >= 0.6 is 0 Å². The first-order valence-corrected chi connectivity index (χ1v) is 11.4. The Bertz CT molecular complexity index is 986. The summed E-state index contributed by atoms with van der Waals surface area (Å²) in [7, 11) is -3.34. The molecule has 2 aromatic rings. The normalized spacial score (nSPS) is 25.2. The van der Waals surface area contributed by atoms with Crippen molar-refractivity contribution >= 4 is 15.9 Å². The van der Waals surface area contributed by atoms with Crippen LogP contribution in [-0.2, 0) is 16.4 Å². The zero-order chi connectivity index (χ0) is 20.1. The molecule has 0 radical (unpaired) electrons. The Morgan fingerprint density at radius 1 is 1.21 bits per heavy atom. The van der Waals surface area contributed by atoms with Crippen LogP contribution in [0.4, 0.5) is 0 Å². The second-order valence-electron chi connectivity index (χ2n) is 7.74. The highest BCUT2D eigenvalue weighted by atomic mass is 32.2. The number of likely N-dealkylation sites (tertiary alicyclic amines) is 1. The lowest BCUT2D eigenvalue weighted by Gasteiger charge is -2.28. The van der Waals surface area contributed by atoms with Crippen molar-refractivity contribution in [3.63, 3.8) is 0 Å². The molecule has 2 fully saturated rings. The number of carbonyl (C=O) groups is 1. The highest BCUT2D eigenvalue weighted by Gasteiger charge is 2.51. The first kappa shape index (κ1) is 19.1. The van der Waals surface area contributed by atoms with Crippen molar-refractivity contribution in [3.8, 4) is 0 Å². The summed E-state index contributed by atoms with van der Waals surface area (Å²) in [6, 6.07) is 9.47. The van der Waals surface area contributed by atoms with Crippen LogP contribution in [0.2, 0.25) is 0 Å². The van der Waals surface area contributed by atoms with Gasteiger partial charge in [-0.25, -0.2) is 8.42 Å². The zero-order valence-corrected chi connectivity index (χ0v) is 17.1. The molecule has 0 unspecified atom stereocenters. The van der Waals surface area contributed by atoms with E-state index in [0.29, 0.717) is 43.1 Å². The maximum atomic E-state index is 13.2. The molecule has 3 heterocycles. The molecule has 0 N–H and O–H groups in total. The van der Waals surface area contributed by atoms with E-state index >= 15 is 0 Å². The van der Waals surface area contributed by atoms with Gasteiger partial charge in [0.25, 0.3) is 5.91 Å². The first-order chi connectivity index (χ1) is 13.3. The minimum atomic E-state index is -3.34. The SMILES string of the molecule is CCc1noc(C)c1C(=O)N1C[C@@H]2CN(S(C)(=O)=O)[C@@H](c3ccccc3)[C@@H]2C1. The van der Waals surface area contributed by atoms with Crippen molar-refractivity contribution in [1.82, 2.24) is 14.4 Å². The van der Waals surface area contributed by atoms with Gasteiger partial charge in [0.05, 0.1) is 18.0 Å². The van der Waals surface area contributed by atoms with Gasteiger partial charge >= 0.3 is 0 Å². The van der Waals surface area contributed by atoms with Gasteiger partial charge in [0, 0.05) is 25.6 Å². The van der Waals surface area contributed by atoms with E-state index in [1.54, 1.807) is 11.2 Å². The van der Waals surface area contributed by atoms with Crippen molar-refractivity contribution < 1.29 is 17.7 Å². The topological polar surface area (TPSA) is 83.7 Å². The molecule has 0 saturated carbocycles. The summed E-state index contributed by atoms with van der Waals surface area (Å²) in [5, 5.41) is 4.00. The van der Waals surface area contributed by atoms with Crippen LogP contribution in [0.1, 0.15) is 40.3 Å². The lowest BCUT2D eigenvalue weighted by molar-refractivity contribution is 0.0771. The van der Waals surface area contributed by atoms with E-state index in [0.717, 1.165) is 5.56 Å². The molecule has 1 aromatic carbocycles. The second-order valence-corrected chi connectivity index (χ2v) is 9.67. The number of hydrogen-bond donors (Lipinski definition) is 0. The van der Waals surface area contributed by atoms with Crippen LogP contribution in [-0.4, -0.2) is 54.6 Å². The maximum Gasteiger partial charge on any atom is 0.259 e. The average molecular weight is 404 g/mol. The Kier molecular flexibility index (Phi) is 4.79.